The van der Waals surface area contributed by atoms with Crippen molar-refractivity contribution in [1.29, 1.82) is 0 Å². The van der Waals surface area contributed by atoms with Crippen LogP contribution in [0.2, 0.25) is 0 Å². The first-order valence-corrected chi connectivity index (χ1v) is 10.9. The number of halogens is 1. The topological polar surface area (TPSA) is 110 Å². The summed E-state index contributed by atoms with van der Waals surface area (Å²) in [5, 5.41) is 16.3. The Balaban J connectivity index is 1.74. The predicted molar refractivity (Wildman–Crippen MR) is 104 cm³/mol. The monoisotopic (exact) mass is 460 g/mol. The van der Waals surface area contributed by atoms with Gasteiger partial charge in [-0.3, -0.25) is 15.0 Å². The van der Waals surface area contributed by atoms with E-state index in [1.54, 1.807) is 11.3 Å². The molecule has 1 saturated heterocycles. The van der Waals surface area contributed by atoms with Gasteiger partial charge in [-0.1, -0.05) is 0 Å². The van der Waals surface area contributed by atoms with Gasteiger partial charge in [-0.25, -0.2) is 13.6 Å². The number of piperazine rings is 1. The number of benzene rings is 1. The van der Waals surface area contributed by atoms with Crippen molar-refractivity contribution >= 4 is 48.7 Å². The molecular weight excluding hydrogens is 444 g/mol. The number of thiophene rings is 1. The molecule has 11 heteroatoms. The van der Waals surface area contributed by atoms with Crippen molar-refractivity contribution in [2.45, 2.75) is 11.4 Å². The van der Waals surface area contributed by atoms with Crippen molar-refractivity contribution in [3.05, 3.63) is 49.1 Å². The SMILES string of the molecule is NS(=O)(=O)c1cc(N2CCN(Cc3ccc(Br)s3)CC2)cc([N+](=O)[O-])c1. The third-order valence-corrected chi connectivity index (χ3v) is 6.66. The first-order chi connectivity index (χ1) is 12.2. The smallest absolute Gasteiger partial charge is 0.272 e. The number of nitro benzene ring substituents is 1. The number of nitro groups is 1. The molecule has 0 spiro atoms. The second-order valence-corrected chi connectivity index (χ2v) is 10.1. The van der Waals surface area contributed by atoms with E-state index in [1.807, 2.05) is 11.0 Å². The van der Waals surface area contributed by atoms with Gasteiger partial charge in [0.2, 0.25) is 10.0 Å². The van der Waals surface area contributed by atoms with Crippen LogP contribution in [0.3, 0.4) is 0 Å². The van der Waals surface area contributed by atoms with Gasteiger partial charge in [-0.15, -0.1) is 11.3 Å². The van der Waals surface area contributed by atoms with Gasteiger partial charge in [-0.2, -0.15) is 0 Å². The summed E-state index contributed by atoms with van der Waals surface area (Å²) in [4.78, 5) is 15.8. The number of primary sulfonamides is 1. The summed E-state index contributed by atoms with van der Waals surface area (Å²) < 4.78 is 24.3. The quantitative estimate of drug-likeness (QED) is 0.541. The van der Waals surface area contributed by atoms with E-state index in [4.69, 9.17) is 5.14 Å². The summed E-state index contributed by atoms with van der Waals surface area (Å²) in [5.41, 5.74) is 0.221. The van der Waals surface area contributed by atoms with Crippen molar-refractivity contribution < 1.29 is 13.3 Å². The first-order valence-electron chi connectivity index (χ1n) is 7.76. The summed E-state index contributed by atoms with van der Waals surface area (Å²) in [7, 11) is -4.01. The highest BCUT2D eigenvalue weighted by Crippen LogP contribution is 2.28. The van der Waals surface area contributed by atoms with Crippen LogP contribution >= 0.6 is 27.3 Å². The third-order valence-electron chi connectivity index (χ3n) is 4.16. The van der Waals surface area contributed by atoms with Crippen LogP contribution in [0.15, 0.2) is 39.0 Å². The lowest BCUT2D eigenvalue weighted by Gasteiger charge is -2.36. The van der Waals surface area contributed by atoms with Crippen LogP contribution in [0, 0.1) is 10.1 Å². The molecule has 2 aromatic rings. The molecule has 8 nitrogen and oxygen atoms in total. The van der Waals surface area contributed by atoms with Gasteiger partial charge >= 0.3 is 0 Å². The highest BCUT2D eigenvalue weighted by molar-refractivity contribution is 9.11. The fraction of sp³-hybridized carbons (Fsp3) is 0.333. The first kappa shape index (κ1) is 19.2. The van der Waals surface area contributed by atoms with Crippen LogP contribution in [0.1, 0.15) is 4.88 Å². The molecule has 0 bridgehead atoms. The molecule has 140 valence electrons. The number of hydrogen-bond acceptors (Lipinski definition) is 7. The molecule has 0 unspecified atom stereocenters. The van der Waals surface area contributed by atoms with Crippen LogP contribution in [-0.2, 0) is 16.6 Å². The van der Waals surface area contributed by atoms with E-state index in [0.717, 1.165) is 29.5 Å². The van der Waals surface area contributed by atoms with Gasteiger partial charge < -0.3 is 4.90 Å². The average molecular weight is 461 g/mol. The lowest BCUT2D eigenvalue weighted by atomic mass is 10.2. The van der Waals surface area contributed by atoms with E-state index >= 15 is 0 Å². The molecule has 0 aliphatic carbocycles. The number of nitrogens with two attached hydrogens (primary N) is 1. The summed E-state index contributed by atoms with van der Waals surface area (Å²) >= 11 is 5.15. The zero-order valence-electron chi connectivity index (χ0n) is 13.7. The van der Waals surface area contributed by atoms with Crippen LogP contribution in [-0.4, -0.2) is 44.4 Å². The molecule has 3 rings (SSSR count). The van der Waals surface area contributed by atoms with E-state index in [0.29, 0.717) is 18.8 Å². The van der Waals surface area contributed by atoms with E-state index in [1.165, 1.54) is 17.0 Å². The van der Waals surface area contributed by atoms with Gasteiger partial charge in [0, 0.05) is 55.4 Å². The second-order valence-electron chi connectivity index (χ2n) is 5.96. The van der Waals surface area contributed by atoms with Crippen LogP contribution < -0.4 is 10.0 Å². The molecule has 1 aliphatic rings. The number of non-ortho nitro benzene ring substituents is 1. The second kappa shape index (κ2) is 7.61. The Morgan fingerprint density at radius 3 is 2.42 bits per heavy atom. The number of hydrogen-bond donors (Lipinski definition) is 1. The van der Waals surface area contributed by atoms with Crippen LogP contribution in [0.4, 0.5) is 11.4 Å². The van der Waals surface area contributed by atoms with Gasteiger partial charge in [0.15, 0.2) is 0 Å². The summed E-state index contributed by atoms with van der Waals surface area (Å²) in [6.45, 7) is 3.71. The normalized spacial score (nSPS) is 16.0. The summed E-state index contributed by atoms with van der Waals surface area (Å²) in [6, 6.07) is 7.88. The van der Waals surface area contributed by atoms with Crippen molar-refractivity contribution in [3.8, 4) is 0 Å². The van der Waals surface area contributed by atoms with E-state index in [9.17, 15) is 18.5 Å². The Morgan fingerprint density at radius 1 is 1.19 bits per heavy atom. The Kier molecular flexibility index (Phi) is 5.63. The van der Waals surface area contributed by atoms with Crippen molar-refractivity contribution in [2.75, 3.05) is 31.1 Å². The van der Waals surface area contributed by atoms with Crippen molar-refractivity contribution in [2.24, 2.45) is 5.14 Å². The number of rotatable bonds is 5. The lowest BCUT2D eigenvalue weighted by molar-refractivity contribution is -0.385. The standard InChI is InChI=1S/C15H17BrN4O4S2/c16-15-2-1-13(25-15)10-18-3-5-19(6-4-18)11-7-12(20(21)22)9-14(8-11)26(17,23)24/h1-2,7-9H,3-6,10H2,(H2,17,23,24). The largest absolute Gasteiger partial charge is 0.369 e. The Morgan fingerprint density at radius 2 is 1.88 bits per heavy atom. The zero-order chi connectivity index (χ0) is 18.9. The highest BCUT2D eigenvalue weighted by atomic mass is 79.9. The molecule has 2 N–H and O–H groups in total. The maximum absolute atomic E-state index is 11.6. The predicted octanol–water partition coefficient (Wildman–Crippen LogP) is 2.39. The fourth-order valence-electron chi connectivity index (χ4n) is 2.84. The number of anilines is 1. The molecule has 0 atom stereocenters. The van der Waals surface area contributed by atoms with E-state index < -0.39 is 14.9 Å². The van der Waals surface area contributed by atoms with Gasteiger partial charge in [0.05, 0.1) is 13.6 Å². The minimum Gasteiger partial charge on any atom is -0.369 e. The lowest BCUT2D eigenvalue weighted by Crippen LogP contribution is -2.45. The zero-order valence-corrected chi connectivity index (χ0v) is 16.9. The Hall–Kier alpha value is -1.53. The Labute approximate surface area is 163 Å². The van der Waals surface area contributed by atoms with Gasteiger partial charge in [0.25, 0.3) is 5.69 Å². The highest BCUT2D eigenvalue weighted by Gasteiger charge is 2.22. The van der Waals surface area contributed by atoms with Gasteiger partial charge in [-0.05, 0) is 34.1 Å². The average Bonchev–Trinajstić information content (AvgIpc) is 2.99. The van der Waals surface area contributed by atoms with Gasteiger partial charge in [0.1, 0.15) is 0 Å². The summed E-state index contributed by atoms with van der Waals surface area (Å²) in [5.74, 6) is 0. The molecule has 1 aliphatic heterocycles. The minimum atomic E-state index is -4.01. The third kappa shape index (κ3) is 4.60. The molecule has 26 heavy (non-hydrogen) atoms. The van der Waals surface area contributed by atoms with Crippen LogP contribution in [0.25, 0.3) is 0 Å². The van der Waals surface area contributed by atoms with Crippen molar-refractivity contribution in [3.63, 3.8) is 0 Å². The number of nitrogens with zero attached hydrogens (tertiary/aromatic N) is 3. The van der Waals surface area contributed by atoms with Crippen LogP contribution in [0.5, 0.6) is 0 Å². The molecule has 0 saturated carbocycles. The molecular formula is C15H17BrN4O4S2. The van der Waals surface area contributed by atoms with E-state index in [2.05, 4.69) is 26.9 Å². The maximum Gasteiger partial charge on any atom is 0.272 e. The fourth-order valence-corrected chi connectivity index (χ4v) is 4.94. The molecule has 2 heterocycles. The van der Waals surface area contributed by atoms with Crippen molar-refractivity contribution in [1.82, 2.24) is 4.90 Å². The molecule has 0 amide bonds. The Bertz CT molecular complexity index is 923. The molecule has 0 radical (unpaired) electrons. The summed E-state index contributed by atoms with van der Waals surface area (Å²) in [6.07, 6.45) is 0. The molecule has 1 aromatic heterocycles. The molecule has 1 aromatic carbocycles. The minimum absolute atomic E-state index is 0.243. The number of sulfonamides is 1. The van der Waals surface area contributed by atoms with E-state index in [-0.39, 0.29) is 10.6 Å². The maximum atomic E-state index is 11.6. The molecule has 1 fully saturated rings.